The largest absolute Gasteiger partial charge is 0.477 e. The Balaban J connectivity index is 1.53. The number of β-lactam (4-membered cyclic amide) rings is 1. The Morgan fingerprint density at radius 1 is 1.24 bits per heavy atom. The lowest BCUT2D eigenvalue weighted by molar-refractivity contribution is -0.151. The first-order valence-electron chi connectivity index (χ1n) is 11.7. The minimum atomic E-state index is -2.50. The van der Waals surface area contributed by atoms with Crippen molar-refractivity contribution in [1.29, 1.82) is 0 Å². The van der Waals surface area contributed by atoms with Gasteiger partial charge in [0.1, 0.15) is 23.7 Å². The molecule has 1 aromatic rings. The molecule has 1 fully saturated rings. The number of ether oxygens (including phenoxy) is 1. The molecule has 0 radical (unpaired) electrons. The van der Waals surface area contributed by atoms with E-state index in [0.717, 1.165) is 10.5 Å². The first-order chi connectivity index (χ1) is 17.6. The summed E-state index contributed by atoms with van der Waals surface area (Å²) in [5.41, 5.74) is 6.95. The van der Waals surface area contributed by atoms with Crippen LogP contribution in [0.2, 0.25) is 0 Å². The van der Waals surface area contributed by atoms with E-state index in [1.54, 1.807) is 24.3 Å². The molecule has 0 aromatic heterocycles. The quantitative estimate of drug-likeness (QED) is 0.212. The topological polar surface area (TPSA) is 151 Å². The summed E-state index contributed by atoms with van der Waals surface area (Å²) in [7, 11) is 0. The lowest BCUT2D eigenvalue weighted by atomic mass is 10.0. The number of alkyl halides is 2. The summed E-state index contributed by atoms with van der Waals surface area (Å²) in [4.78, 5) is 49.2. The van der Waals surface area contributed by atoms with Gasteiger partial charge in [0.05, 0.1) is 12.5 Å². The van der Waals surface area contributed by atoms with Gasteiger partial charge in [0.2, 0.25) is 5.91 Å². The van der Waals surface area contributed by atoms with Gasteiger partial charge in [-0.15, -0.1) is 11.8 Å². The SMILES string of the molecule is CC(=O)OCC1=C(C(=O)O)N2C(=O)C(NC(=O)Cc3ccc(CNC(CCCN)C(F)F)cc3)C2SC1. The van der Waals surface area contributed by atoms with Crippen molar-refractivity contribution in [3.8, 4) is 0 Å². The minimum absolute atomic E-state index is 0.00956. The smallest absolute Gasteiger partial charge is 0.352 e. The summed E-state index contributed by atoms with van der Waals surface area (Å²) < 4.78 is 31.1. The van der Waals surface area contributed by atoms with Crippen molar-refractivity contribution < 1.29 is 37.8 Å². The number of carbonyl (C=O) groups is 4. The van der Waals surface area contributed by atoms with Crippen LogP contribution in [0, 0.1) is 0 Å². The zero-order valence-corrected chi connectivity index (χ0v) is 21.1. The molecule has 13 heteroatoms. The van der Waals surface area contributed by atoms with Crippen LogP contribution in [0.25, 0.3) is 0 Å². The number of aliphatic carboxylic acids is 1. The average molecular weight is 541 g/mol. The second kappa shape index (κ2) is 13.0. The van der Waals surface area contributed by atoms with Gasteiger partial charge in [0.25, 0.3) is 12.3 Å². The zero-order chi connectivity index (χ0) is 27.1. The van der Waals surface area contributed by atoms with Gasteiger partial charge >= 0.3 is 11.9 Å². The van der Waals surface area contributed by atoms with Crippen molar-refractivity contribution >= 4 is 35.5 Å². The predicted octanol–water partition coefficient (Wildman–Crippen LogP) is 0.993. The lowest BCUT2D eigenvalue weighted by Gasteiger charge is -2.49. The number of nitrogens with one attached hydrogen (secondary N) is 2. The highest BCUT2D eigenvalue weighted by molar-refractivity contribution is 8.00. The number of hydrogen-bond acceptors (Lipinski definition) is 8. The van der Waals surface area contributed by atoms with E-state index in [-0.39, 0.29) is 37.4 Å². The summed E-state index contributed by atoms with van der Waals surface area (Å²) in [5.74, 6) is -2.58. The Morgan fingerprint density at radius 2 is 1.92 bits per heavy atom. The number of halogens is 2. The maximum atomic E-state index is 13.1. The Bertz CT molecular complexity index is 1050. The van der Waals surface area contributed by atoms with Crippen LogP contribution in [0.3, 0.4) is 0 Å². The van der Waals surface area contributed by atoms with Gasteiger partial charge in [-0.2, -0.15) is 0 Å². The molecule has 0 saturated carbocycles. The highest BCUT2D eigenvalue weighted by Crippen LogP contribution is 2.40. The predicted molar refractivity (Wildman–Crippen MR) is 131 cm³/mol. The van der Waals surface area contributed by atoms with Gasteiger partial charge in [-0.3, -0.25) is 19.3 Å². The molecule has 2 amide bonds. The molecule has 10 nitrogen and oxygen atoms in total. The number of esters is 1. The van der Waals surface area contributed by atoms with E-state index in [1.807, 2.05) is 0 Å². The molecule has 0 bridgehead atoms. The number of carboxylic acids is 1. The number of thioether (sulfide) groups is 1. The second-order valence-electron chi connectivity index (χ2n) is 8.74. The molecule has 0 spiro atoms. The first-order valence-corrected chi connectivity index (χ1v) is 12.8. The number of fused-ring (bicyclic) bond motifs is 1. The molecule has 3 unspecified atom stereocenters. The zero-order valence-electron chi connectivity index (χ0n) is 20.2. The molecule has 37 heavy (non-hydrogen) atoms. The van der Waals surface area contributed by atoms with Gasteiger partial charge in [0, 0.05) is 24.8 Å². The van der Waals surface area contributed by atoms with E-state index in [1.165, 1.54) is 18.7 Å². The van der Waals surface area contributed by atoms with Crippen LogP contribution in [0.5, 0.6) is 0 Å². The maximum absolute atomic E-state index is 13.1. The lowest BCUT2D eigenvalue weighted by Crippen LogP contribution is -2.70. The number of amides is 2. The number of carbonyl (C=O) groups excluding carboxylic acids is 3. The Hall–Kier alpha value is -3.03. The molecule has 2 aliphatic heterocycles. The summed E-state index contributed by atoms with van der Waals surface area (Å²) in [6, 6.07) is 5.09. The summed E-state index contributed by atoms with van der Waals surface area (Å²) >= 11 is 1.28. The molecule has 2 aliphatic rings. The first kappa shape index (κ1) is 28.5. The van der Waals surface area contributed by atoms with Crippen LogP contribution in [0.15, 0.2) is 35.5 Å². The van der Waals surface area contributed by atoms with Gasteiger partial charge in [-0.05, 0) is 30.5 Å². The number of carboxylic acid groups (broad SMARTS) is 1. The van der Waals surface area contributed by atoms with E-state index in [4.69, 9.17) is 10.5 Å². The normalized spacial score (nSPS) is 19.8. The average Bonchev–Trinajstić information content (AvgIpc) is 2.85. The van der Waals surface area contributed by atoms with Crippen LogP contribution in [-0.4, -0.2) is 76.5 Å². The van der Waals surface area contributed by atoms with Crippen LogP contribution in [-0.2, 0) is 36.9 Å². The maximum Gasteiger partial charge on any atom is 0.352 e. The Labute approximate surface area is 217 Å². The molecule has 0 aliphatic carbocycles. The second-order valence-corrected chi connectivity index (χ2v) is 9.84. The number of nitrogens with zero attached hydrogens (tertiary/aromatic N) is 1. The molecular weight excluding hydrogens is 510 g/mol. The molecule has 202 valence electrons. The van der Waals surface area contributed by atoms with Crippen LogP contribution >= 0.6 is 11.8 Å². The van der Waals surface area contributed by atoms with Crippen molar-refractivity contribution in [3.05, 3.63) is 46.7 Å². The summed E-state index contributed by atoms with van der Waals surface area (Å²) in [5, 5.41) is 14.5. The number of nitrogens with two attached hydrogens (primary N) is 1. The fourth-order valence-electron chi connectivity index (χ4n) is 4.07. The van der Waals surface area contributed by atoms with Crippen molar-refractivity contribution in [2.24, 2.45) is 5.73 Å². The monoisotopic (exact) mass is 540 g/mol. The molecule has 3 atom stereocenters. The highest BCUT2D eigenvalue weighted by atomic mass is 32.2. The molecule has 1 saturated heterocycles. The highest BCUT2D eigenvalue weighted by Gasteiger charge is 2.54. The van der Waals surface area contributed by atoms with Crippen molar-refractivity contribution in [2.45, 2.75) is 56.6 Å². The van der Waals surface area contributed by atoms with E-state index >= 15 is 0 Å². The van der Waals surface area contributed by atoms with E-state index < -0.39 is 47.6 Å². The summed E-state index contributed by atoms with van der Waals surface area (Å²) in [6.45, 7) is 1.58. The van der Waals surface area contributed by atoms with Crippen molar-refractivity contribution in [2.75, 3.05) is 18.9 Å². The molecule has 3 rings (SSSR count). The van der Waals surface area contributed by atoms with E-state index in [2.05, 4.69) is 10.6 Å². The van der Waals surface area contributed by atoms with Crippen LogP contribution in [0.4, 0.5) is 8.78 Å². The van der Waals surface area contributed by atoms with Crippen LogP contribution in [0.1, 0.15) is 30.9 Å². The molecule has 2 heterocycles. The molecule has 1 aromatic carbocycles. The van der Waals surface area contributed by atoms with Crippen molar-refractivity contribution in [1.82, 2.24) is 15.5 Å². The van der Waals surface area contributed by atoms with E-state index in [0.29, 0.717) is 24.1 Å². The van der Waals surface area contributed by atoms with E-state index in [9.17, 15) is 33.1 Å². The fraction of sp³-hybridized carbons (Fsp3) is 0.500. The van der Waals surface area contributed by atoms with Gasteiger partial charge in [-0.1, -0.05) is 24.3 Å². The van der Waals surface area contributed by atoms with Gasteiger partial charge in [-0.25, -0.2) is 13.6 Å². The standard InChI is InChI=1S/C24H30F2N4O6S/c1-13(31)36-11-16-12-37-23-19(22(33)30(23)20(16)24(34)35)29-18(32)9-14-4-6-15(7-5-14)10-28-17(21(25)26)3-2-8-27/h4-7,17,19,21,23,28H,2-3,8-12,27H2,1H3,(H,29,32)(H,34,35). The third-order valence-corrected chi connectivity index (χ3v) is 7.34. The third kappa shape index (κ3) is 7.27. The Kier molecular flexibility index (Phi) is 10.0. The van der Waals surface area contributed by atoms with Gasteiger partial charge < -0.3 is 26.2 Å². The molecular formula is C24H30F2N4O6S. The van der Waals surface area contributed by atoms with Gasteiger partial charge in [0.15, 0.2) is 0 Å². The Morgan fingerprint density at radius 3 is 2.51 bits per heavy atom. The molecule has 5 N–H and O–H groups in total. The summed E-state index contributed by atoms with van der Waals surface area (Å²) in [6.07, 6.45) is -1.73. The minimum Gasteiger partial charge on any atom is -0.477 e. The third-order valence-electron chi connectivity index (χ3n) is 6.00. The van der Waals surface area contributed by atoms with Crippen molar-refractivity contribution in [3.63, 3.8) is 0 Å². The fourth-order valence-corrected chi connectivity index (χ4v) is 5.40. The van der Waals surface area contributed by atoms with Crippen LogP contribution < -0.4 is 16.4 Å². The number of hydrogen-bond donors (Lipinski definition) is 4. The number of benzene rings is 1. The number of rotatable bonds is 13.